The summed E-state index contributed by atoms with van der Waals surface area (Å²) in [5.74, 6) is 7.34. The number of benzene rings is 1. The van der Waals surface area contributed by atoms with E-state index < -0.39 is 6.23 Å². The van der Waals surface area contributed by atoms with Crippen LogP contribution >= 0.6 is 11.3 Å². The summed E-state index contributed by atoms with van der Waals surface area (Å²) in [4.78, 5) is 2.35. The highest BCUT2D eigenvalue weighted by Gasteiger charge is 2.09. The van der Waals surface area contributed by atoms with Gasteiger partial charge in [-0.1, -0.05) is 36.5 Å². The molecule has 0 radical (unpaired) electrons. The Morgan fingerprint density at radius 2 is 1.96 bits per heavy atom. The van der Waals surface area contributed by atoms with Gasteiger partial charge in [-0.3, -0.25) is 0 Å². The largest absolute Gasteiger partial charge is 0.493 e. The summed E-state index contributed by atoms with van der Waals surface area (Å²) in [6.45, 7) is 4.62. The van der Waals surface area contributed by atoms with Crippen LogP contribution in [0.3, 0.4) is 0 Å². The minimum atomic E-state index is -0.738. The van der Waals surface area contributed by atoms with Gasteiger partial charge in [0.15, 0.2) is 0 Å². The Balaban J connectivity index is 1.72. The van der Waals surface area contributed by atoms with Crippen molar-refractivity contribution in [1.82, 2.24) is 0 Å². The summed E-state index contributed by atoms with van der Waals surface area (Å²) in [5, 5.41) is 9.31. The van der Waals surface area contributed by atoms with Crippen LogP contribution in [0.2, 0.25) is 0 Å². The molecule has 3 N–H and O–H groups in total. The van der Waals surface area contributed by atoms with E-state index in [0.29, 0.717) is 13.0 Å². The molecule has 128 valence electrons. The van der Waals surface area contributed by atoms with Gasteiger partial charge in [-0.05, 0) is 49.9 Å². The van der Waals surface area contributed by atoms with E-state index in [0.717, 1.165) is 23.5 Å². The van der Waals surface area contributed by atoms with Gasteiger partial charge in [-0.2, -0.15) is 0 Å². The second kappa shape index (κ2) is 9.48. The van der Waals surface area contributed by atoms with E-state index in [1.54, 1.807) is 11.3 Å². The Morgan fingerprint density at radius 1 is 1.21 bits per heavy atom. The highest BCUT2D eigenvalue weighted by molar-refractivity contribution is 7.12. The zero-order chi connectivity index (χ0) is 17.4. The van der Waals surface area contributed by atoms with Gasteiger partial charge in [-0.25, -0.2) is 0 Å². The molecular formula is C20H25NO2S. The van der Waals surface area contributed by atoms with E-state index >= 15 is 0 Å². The molecule has 1 aromatic carbocycles. The Morgan fingerprint density at radius 3 is 2.67 bits per heavy atom. The van der Waals surface area contributed by atoms with Crippen molar-refractivity contribution < 1.29 is 9.84 Å². The molecule has 2 aromatic rings. The van der Waals surface area contributed by atoms with Crippen LogP contribution in [0.5, 0.6) is 5.75 Å². The maximum atomic E-state index is 9.31. The van der Waals surface area contributed by atoms with Crippen LogP contribution < -0.4 is 10.5 Å². The van der Waals surface area contributed by atoms with Gasteiger partial charge in [0, 0.05) is 11.3 Å². The maximum absolute atomic E-state index is 9.31. The molecule has 1 unspecified atom stereocenters. The van der Waals surface area contributed by atoms with Gasteiger partial charge in [0.05, 0.1) is 11.5 Å². The van der Waals surface area contributed by atoms with Crippen molar-refractivity contribution in [3.8, 4) is 17.6 Å². The summed E-state index contributed by atoms with van der Waals surface area (Å²) in [6.07, 6.45) is 1.78. The highest BCUT2D eigenvalue weighted by Crippen LogP contribution is 2.19. The standard InChI is InChI=1S/C20H25NO2S/c1-15-6-9-17(10-7-15)23-14-4-3-5-18-12-13-19(24-18)11-8-16(2)20(21)22/h6-7,9-10,12-13,16,20,22H,4,8,11,14,21H2,1-2H3/t16-,20?/m1/s1. The fourth-order valence-corrected chi connectivity index (χ4v) is 3.02. The highest BCUT2D eigenvalue weighted by atomic mass is 32.1. The first-order chi connectivity index (χ1) is 11.5. The third kappa shape index (κ3) is 6.37. The molecule has 24 heavy (non-hydrogen) atoms. The molecule has 2 atom stereocenters. The van der Waals surface area contributed by atoms with Crippen LogP contribution in [-0.4, -0.2) is 17.9 Å². The second-order valence-corrected chi connectivity index (χ2v) is 7.15. The quantitative estimate of drug-likeness (QED) is 0.458. The normalized spacial score (nSPS) is 13.0. The monoisotopic (exact) mass is 343 g/mol. The van der Waals surface area contributed by atoms with Crippen molar-refractivity contribution in [3.05, 3.63) is 51.7 Å². The van der Waals surface area contributed by atoms with Crippen molar-refractivity contribution >= 4 is 11.3 Å². The topological polar surface area (TPSA) is 55.5 Å². The Kier molecular flexibility index (Phi) is 7.33. The lowest BCUT2D eigenvalue weighted by molar-refractivity contribution is 0.119. The third-order valence-corrected chi connectivity index (χ3v) is 4.88. The molecule has 0 aliphatic carbocycles. The molecule has 3 nitrogen and oxygen atoms in total. The summed E-state index contributed by atoms with van der Waals surface area (Å²) in [6, 6.07) is 12.2. The summed E-state index contributed by atoms with van der Waals surface area (Å²) in [7, 11) is 0. The van der Waals surface area contributed by atoms with E-state index in [2.05, 4.69) is 30.9 Å². The smallest absolute Gasteiger partial charge is 0.119 e. The van der Waals surface area contributed by atoms with Gasteiger partial charge < -0.3 is 15.6 Å². The minimum Gasteiger partial charge on any atom is -0.493 e. The first kappa shape index (κ1) is 18.5. The average Bonchev–Trinajstić information content (AvgIpc) is 3.01. The Labute approximate surface area is 148 Å². The SMILES string of the molecule is Cc1ccc(OCCC#Cc2ccc(CC[C@@H](C)C(N)O)s2)cc1. The molecule has 1 aromatic heterocycles. The van der Waals surface area contributed by atoms with E-state index in [1.165, 1.54) is 10.4 Å². The molecule has 4 heteroatoms. The lowest BCUT2D eigenvalue weighted by Crippen LogP contribution is -2.27. The van der Waals surface area contributed by atoms with E-state index in [1.807, 2.05) is 31.2 Å². The van der Waals surface area contributed by atoms with E-state index in [9.17, 15) is 5.11 Å². The maximum Gasteiger partial charge on any atom is 0.119 e. The van der Waals surface area contributed by atoms with Crippen LogP contribution in [0, 0.1) is 24.7 Å². The summed E-state index contributed by atoms with van der Waals surface area (Å²) >= 11 is 1.71. The summed E-state index contributed by atoms with van der Waals surface area (Å²) in [5.41, 5.74) is 6.70. The molecule has 1 heterocycles. The molecule has 0 fully saturated rings. The van der Waals surface area contributed by atoms with E-state index in [4.69, 9.17) is 10.5 Å². The number of thiophene rings is 1. The fraction of sp³-hybridized carbons (Fsp3) is 0.400. The zero-order valence-electron chi connectivity index (χ0n) is 14.3. The lowest BCUT2D eigenvalue weighted by Gasteiger charge is -2.12. The van der Waals surface area contributed by atoms with Crippen LogP contribution in [0.1, 0.15) is 35.1 Å². The number of aliphatic hydroxyl groups is 1. The summed E-state index contributed by atoms with van der Waals surface area (Å²) < 4.78 is 5.66. The molecule has 0 bridgehead atoms. The molecular weight excluding hydrogens is 318 g/mol. The van der Waals surface area contributed by atoms with Crippen LogP contribution in [0.15, 0.2) is 36.4 Å². The third-order valence-electron chi connectivity index (χ3n) is 3.82. The number of aliphatic hydroxyl groups excluding tert-OH is 1. The van der Waals surface area contributed by atoms with Crippen molar-refractivity contribution in [2.24, 2.45) is 11.7 Å². The number of ether oxygens (including phenoxy) is 1. The predicted molar refractivity (Wildman–Crippen MR) is 100 cm³/mol. The number of aryl methyl sites for hydroxylation is 2. The van der Waals surface area contributed by atoms with Crippen molar-refractivity contribution in [2.45, 2.75) is 39.3 Å². The molecule has 0 aliphatic rings. The number of hydrogen-bond acceptors (Lipinski definition) is 4. The number of rotatable bonds is 7. The zero-order valence-corrected chi connectivity index (χ0v) is 15.1. The molecule has 0 spiro atoms. The van der Waals surface area contributed by atoms with Crippen molar-refractivity contribution in [2.75, 3.05) is 6.61 Å². The predicted octanol–water partition coefficient (Wildman–Crippen LogP) is 3.72. The van der Waals surface area contributed by atoms with Gasteiger partial charge in [0.1, 0.15) is 12.0 Å². The molecule has 0 saturated carbocycles. The van der Waals surface area contributed by atoms with Crippen molar-refractivity contribution in [1.29, 1.82) is 0 Å². The number of nitrogens with two attached hydrogens (primary N) is 1. The minimum absolute atomic E-state index is 0.112. The van der Waals surface area contributed by atoms with Crippen LogP contribution in [0.4, 0.5) is 0 Å². The Bertz CT molecular complexity index is 680. The first-order valence-corrected chi connectivity index (χ1v) is 9.07. The van der Waals surface area contributed by atoms with Crippen LogP contribution in [-0.2, 0) is 6.42 Å². The molecule has 0 amide bonds. The lowest BCUT2D eigenvalue weighted by atomic mass is 10.0. The average molecular weight is 343 g/mol. The van der Waals surface area contributed by atoms with Gasteiger partial charge in [-0.15, -0.1) is 11.3 Å². The van der Waals surface area contributed by atoms with E-state index in [-0.39, 0.29) is 5.92 Å². The number of hydrogen-bond donors (Lipinski definition) is 2. The van der Waals surface area contributed by atoms with Crippen LogP contribution in [0.25, 0.3) is 0 Å². The Hall–Kier alpha value is -1.80. The van der Waals surface area contributed by atoms with Gasteiger partial charge >= 0.3 is 0 Å². The molecule has 0 saturated heterocycles. The molecule has 0 aliphatic heterocycles. The second-order valence-electron chi connectivity index (χ2n) is 5.99. The van der Waals surface area contributed by atoms with Crippen molar-refractivity contribution in [3.63, 3.8) is 0 Å². The van der Waals surface area contributed by atoms with Gasteiger partial charge in [0.2, 0.25) is 0 Å². The fourth-order valence-electron chi connectivity index (χ4n) is 2.12. The van der Waals surface area contributed by atoms with Gasteiger partial charge in [0.25, 0.3) is 0 Å². The molecule has 2 rings (SSSR count). The first-order valence-electron chi connectivity index (χ1n) is 8.25.